The number of hydrogen-bond acceptors (Lipinski definition) is 4. The summed E-state index contributed by atoms with van der Waals surface area (Å²) in [5.74, 6) is 0.134. The van der Waals surface area contributed by atoms with Gasteiger partial charge in [-0.25, -0.2) is 5.43 Å². The van der Waals surface area contributed by atoms with Gasteiger partial charge in [-0.1, -0.05) is 15.9 Å². The van der Waals surface area contributed by atoms with Crippen LogP contribution in [-0.4, -0.2) is 28.9 Å². The summed E-state index contributed by atoms with van der Waals surface area (Å²) in [5, 5.41) is 13.9. The van der Waals surface area contributed by atoms with Crippen molar-refractivity contribution in [3.63, 3.8) is 0 Å². The largest absolute Gasteiger partial charge is 0.506 e. The Morgan fingerprint density at radius 3 is 2.67 bits per heavy atom. The molecule has 0 radical (unpaired) electrons. The summed E-state index contributed by atoms with van der Waals surface area (Å²) in [4.78, 5) is 12.2. The molecule has 0 aliphatic rings. The van der Waals surface area contributed by atoms with Crippen molar-refractivity contribution in [2.45, 2.75) is 0 Å². The molecule has 138 valence electrons. The molecule has 0 saturated heterocycles. The smallest absolute Gasteiger partial charge is 0.275 e. The second kappa shape index (κ2) is 8.41. The molecule has 0 aliphatic carbocycles. The number of halogens is 2. The fourth-order valence-electron chi connectivity index (χ4n) is 2.37. The molecule has 0 saturated carbocycles. The maximum Gasteiger partial charge on any atom is 0.275 e. The summed E-state index contributed by atoms with van der Waals surface area (Å²) in [6.45, 7) is 0. The van der Waals surface area contributed by atoms with E-state index < -0.39 is 5.91 Å². The second-order valence-corrected chi connectivity index (χ2v) is 7.30. The zero-order chi connectivity index (χ0) is 19.4. The standard InChI is InChI=1S/C19H15Br2N3O3/c1-27-15-4-2-14(3-5-15)24-7-6-12(11-24)10-22-23-19(26)16-8-13(20)9-17(21)18(16)25/h2-11,25H,1H3,(H,23,26)/b22-10-. The van der Waals surface area contributed by atoms with Crippen LogP contribution in [0.3, 0.4) is 0 Å². The Bertz CT molecular complexity index is 998. The van der Waals surface area contributed by atoms with E-state index in [1.807, 2.05) is 47.3 Å². The number of carbonyl (C=O) groups is 1. The van der Waals surface area contributed by atoms with Gasteiger partial charge in [0.25, 0.3) is 5.91 Å². The van der Waals surface area contributed by atoms with Crippen molar-refractivity contribution in [2.75, 3.05) is 7.11 Å². The van der Waals surface area contributed by atoms with Crippen molar-refractivity contribution in [3.8, 4) is 17.2 Å². The average molecular weight is 493 g/mol. The molecule has 0 atom stereocenters. The molecule has 3 rings (SSSR count). The van der Waals surface area contributed by atoms with Crippen LogP contribution in [0.15, 0.2) is 68.9 Å². The number of carbonyl (C=O) groups excluding carboxylic acids is 1. The highest BCUT2D eigenvalue weighted by molar-refractivity contribution is 9.11. The van der Waals surface area contributed by atoms with Gasteiger partial charge in [-0.05, 0) is 58.4 Å². The van der Waals surface area contributed by atoms with E-state index in [0.29, 0.717) is 8.95 Å². The lowest BCUT2D eigenvalue weighted by atomic mass is 10.2. The fourth-order valence-corrected chi connectivity index (χ4v) is 3.59. The highest BCUT2D eigenvalue weighted by Crippen LogP contribution is 2.31. The number of rotatable bonds is 5. The van der Waals surface area contributed by atoms with Crippen LogP contribution in [0.25, 0.3) is 5.69 Å². The number of hydrazone groups is 1. The summed E-state index contributed by atoms with van der Waals surface area (Å²) < 4.78 is 8.17. The van der Waals surface area contributed by atoms with Crippen LogP contribution in [0, 0.1) is 0 Å². The third-order valence-electron chi connectivity index (χ3n) is 3.74. The van der Waals surface area contributed by atoms with E-state index in [-0.39, 0.29) is 11.3 Å². The highest BCUT2D eigenvalue weighted by atomic mass is 79.9. The topological polar surface area (TPSA) is 75.8 Å². The lowest BCUT2D eigenvalue weighted by Gasteiger charge is -2.05. The number of methoxy groups -OCH3 is 1. The first-order chi connectivity index (χ1) is 13.0. The molecule has 0 spiro atoms. The molecule has 0 fully saturated rings. The van der Waals surface area contributed by atoms with Crippen LogP contribution < -0.4 is 10.2 Å². The number of benzene rings is 2. The molecule has 1 aromatic heterocycles. The van der Waals surface area contributed by atoms with Gasteiger partial charge in [0.15, 0.2) is 0 Å². The first kappa shape index (κ1) is 19.2. The van der Waals surface area contributed by atoms with Gasteiger partial charge in [0.2, 0.25) is 0 Å². The molecule has 0 bridgehead atoms. The van der Waals surface area contributed by atoms with E-state index >= 15 is 0 Å². The average Bonchev–Trinajstić information content (AvgIpc) is 3.13. The van der Waals surface area contributed by atoms with E-state index in [1.54, 1.807) is 13.2 Å². The number of aromatic nitrogens is 1. The second-order valence-electron chi connectivity index (χ2n) is 5.53. The predicted octanol–water partition coefficient (Wildman–Crippen LogP) is 4.48. The monoisotopic (exact) mass is 491 g/mol. The molecule has 0 unspecified atom stereocenters. The molecule has 2 N–H and O–H groups in total. The first-order valence-electron chi connectivity index (χ1n) is 7.82. The van der Waals surface area contributed by atoms with Gasteiger partial charge >= 0.3 is 0 Å². The number of aromatic hydroxyl groups is 1. The van der Waals surface area contributed by atoms with Crippen molar-refractivity contribution < 1.29 is 14.6 Å². The minimum absolute atomic E-state index is 0.115. The zero-order valence-corrected chi connectivity index (χ0v) is 17.4. The van der Waals surface area contributed by atoms with Crippen LogP contribution >= 0.6 is 31.9 Å². The quantitative estimate of drug-likeness (QED) is 0.407. The Balaban J connectivity index is 1.68. The van der Waals surface area contributed by atoms with Crippen molar-refractivity contribution in [2.24, 2.45) is 5.10 Å². The third kappa shape index (κ3) is 4.58. The number of phenols is 1. The van der Waals surface area contributed by atoms with Gasteiger partial charge in [-0.2, -0.15) is 5.10 Å². The summed E-state index contributed by atoms with van der Waals surface area (Å²) in [7, 11) is 1.63. The summed E-state index contributed by atoms with van der Waals surface area (Å²) in [5.41, 5.74) is 4.31. The van der Waals surface area contributed by atoms with E-state index in [4.69, 9.17) is 4.74 Å². The molecule has 27 heavy (non-hydrogen) atoms. The van der Waals surface area contributed by atoms with Gasteiger partial charge < -0.3 is 14.4 Å². The molecule has 1 heterocycles. The normalized spacial score (nSPS) is 10.9. The van der Waals surface area contributed by atoms with Crippen molar-refractivity contribution in [1.29, 1.82) is 0 Å². The summed E-state index contributed by atoms with van der Waals surface area (Å²) in [6, 6.07) is 12.7. The van der Waals surface area contributed by atoms with Gasteiger partial charge in [-0.3, -0.25) is 4.79 Å². The number of hydrogen-bond donors (Lipinski definition) is 2. The summed E-state index contributed by atoms with van der Waals surface area (Å²) >= 11 is 6.48. The van der Waals surface area contributed by atoms with Gasteiger partial charge in [0.05, 0.1) is 23.4 Å². The third-order valence-corrected chi connectivity index (χ3v) is 4.80. The lowest BCUT2D eigenvalue weighted by molar-refractivity contribution is 0.0952. The summed E-state index contributed by atoms with van der Waals surface area (Å²) in [6.07, 6.45) is 5.30. The Kier molecular flexibility index (Phi) is 5.98. The SMILES string of the molecule is COc1ccc(-n2ccc(/C=N\NC(=O)c3cc(Br)cc(Br)c3O)c2)cc1. The van der Waals surface area contributed by atoms with Crippen LogP contribution in [-0.2, 0) is 0 Å². The molecule has 2 aromatic carbocycles. The molecule has 1 amide bonds. The van der Waals surface area contributed by atoms with Crippen molar-refractivity contribution in [1.82, 2.24) is 9.99 Å². The molecule has 0 aliphatic heterocycles. The number of amides is 1. The van der Waals surface area contributed by atoms with Crippen LogP contribution in [0.5, 0.6) is 11.5 Å². The van der Waals surface area contributed by atoms with Crippen LogP contribution in [0.2, 0.25) is 0 Å². The Morgan fingerprint density at radius 1 is 1.22 bits per heavy atom. The molecule has 6 nitrogen and oxygen atoms in total. The highest BCUT2D eigenvalue weighted by Gasteiger charge is 2.14. The van der Waals surface area contributed by atoms with E-state index in [2.05, 4.69) is 42.4 Å². The van der Waals surface area contributed by atoms with Crippen molar-refractivity contribution >= 4 is 44.0 Å². The zero-order valence-electron chi connectivity index (χ0n) is 14.2. The number of nitrogens with one attached hydrogen (secondary N) is 1. The Morgan fingerprint density at radius 2 is 1.96 bits per heavy atom. The number of ether oxygens (including phenoxy) is 1. The van der Waals surface area contributed by atoms with E-state index in [1.165, 1.54) is 12.3 Å². The molecule has 8 heteroatoms. The molecular formula is C19H15Br2N3O3. The van der Waals surface area contributed by atoms with Gasteiger partial charge in [-0.15, -0.1) is 0 Å². The minimum Gasteiger partial charge on any atom is -0.506 e. The van der Waals surface area contributed by atoms with E-state index in [0.717, 1.165) is 17.0 Å². The lowest BCUT2D eigenvalue weighted by Crippen LogP contribution is -2.17. The van der Waals surface area contributed by atoms with Crippen molar-refractivity contribution in [3.05, 3.63) is 74.9 Å². The number of nitrogens with zero attached hydrogens (tertiary/aromatic N) is 2. The van der Waals surface area contributed by atoms with Gasteiger partial charge in [0.1, 0.15) is 11.5 Å². The van der Waals surface area contributed by atoms with Crippen LogP contribution in [0.4, 0.5) is 0 Å². The van der Waals surface area contributed by atoms with E-state index in [9.17, 15) is 9.90 Å². The molecular weight excluding hydrogens is 478 g/mol. The maximum atomic E-state index is 12.2. The minimum atomic E-state index is -0.514. The Hall–Kier alpha value is -2.58. The first-order valence-corrected chi connectivity index (χ1v) is 9.40. The maximum absolute atomic E-state index is 12.2. The predicted molar refractivity (Wildman–Crippen MR) is 111 cm³/mol. The molecule has 3 aromatic rings. The number of phenolic OH excluding ortho intramolecular Hbond substituents is 1. The Labute approximate surface area is 172 Å². The van der Waals surface area contributed by atoms with Gasteiger partial charge in [0, 0.05) is 28.1 Å². The van der Waals surface area contributed by atoms with Crippen LogP contribution in [0.1, 0.15) is 15.9 Å². The fraction of sp³-hybridized carbons (Fsp3) is 0.0526.